The van der Waals surface area contributed by atoms with Crippen molar-refractivity contribution in [2.75, 3.05) is 31.6 Å². The van der Waals surface area contributed by atoms with Crippen molar-refractivity contribution in [3.8, 4) is 11.5 Å². The van der Waals surface area contributed by atoms with Crippen LogP contribution in [0.5, 0.6) is 11.5 Å². The first-order valence-corrected chi connectivity index (χ1v) is 16.0. The van der Waals surface area contributed by atoms with Gasteiger partial charge in [-0.3, -0.25) is 13.9 Å². The van der Waals surface area contributed by atoms with Gasteiger partial charge in [0.05, 0.1) is 24.8 Å². The summed E-state index contributed by atoms with van der Waals surface area (Å²) in [4.78, 5) is 29.0. The minimum Gasteiger partial charge on any atom is -0.493 e. The molecule has 1 aliphatic rings. The van der Waals surface area contributed by atoms with Gasteiger partial charge in [0.15, 0.2) is 11.5 Å². The summed E-state index contributed by atoms with van der Waals surface area (Å²) in [5.41, 5.74) is 2.15. The normalized spacial score (nSPS) is 14.1. The maximum atomic E-state index is 14.1. The van der Waals surface area contributed by atoms with Crippen LogP contribution in [0, 0.1) is 6.92 Å². The SMILES string of the molecule is COc1ccc(N(CC(=O)N(CCc2ccccc2)[C@@H](C)C(=O)NC2CCCC2)S(=O)(=O)c2ccc(C)cc2)cc1OC. The average Bonchev–Trinajstić information content (AvgIpc) is 3.53. The molecule has 0 heterocycles. The van der Waals surface area contributed by atoms with Crippen LogP contribution in [-0.4, -0.2) is 64.5 Å². The summed E-state index contributed by atoms with van der Waals surface area (Å²) in [6.45, 7) is 3.30. The van der Waals surface area contributed by atoms with Crippen LogP contribution < -0.4 is 19.1 Å². The third kappa shape index (κ3) is 7.87. The fraction of sp³-hybridized carbons (Fsp3) is 0.394. The van der Waals surface area contributed by atoms with E-state index in [9.17, 15) is 18.0 Å². The van der Waals surface area contributed by atoms with Gasteiger partial charge in [0.1, 0.15) is 12.6 Å². The smallest absolute Gasteiger partial charge is 0.264 e. The molecule has 0 bridgehead atoms. The molecule has 4 rings (SSSR count). The number of rotatable bonds is 13. The van der Waals surface area contributed by atoms with E-state index in [0.717, 1.165) is 41.1 Å². The zero-order chi connectivity index (χ0) is 31.0. The number of ether oxygens (including phenoxy) is 2. The molecule has 0 aliphatic heterocycles. The molecule has 0 spiro atoms. The number of nitrogens with zero attached hydrogens (tertiary/aromatic N) is 2. The Morgan fingerprint density at radius 3 is 2.21 bits per heavy atom. The predicted octanol–water partition coefficient (Wildman–Crippen LogP) is 4.73. The van der Waals surface area contributed by atoms with Crippen molar-refractivity contribution in [1.29, 1.82) is 0 Å². The van der Waals surface area contributed by atoms with Gasteiger partial charge in [-0.15, -0.1) is 0 Å². The van der Waals surface area contributed by atoms with E-state index in [1.165, 1.54) is 37.3 Å². The highest BCUT2D eigenvalue weighted by atomic mass is 32.2. The van der Waals surface area contributed by atoms with Crippen LogP contribution in [-0.2, 0) is 26.0 Å². The number of methoxy groups -OCH3 is 2. The standard InChI is InChI=1S/C33H41N3O6S/c1-24-14-17-29(18-15-24)43(39,40)36(28-16-19-30(41-3)31(22-28)42-4)23-32(37)35(21-20-26-10-6-5-7-11-26)25(2)33(38)34-27-12-8-9-13-27/h5-7,10-11,14-19,22,25,27H,8-9,12-13,20-21,23H2,1-4H3,(H,34,38)/t25-/m0/s1. The van der Waals surface area contributed by atoms with Crippen molar-refractivity contribution < 1.29 is 27.5 Å². The minimum atomic E-state index is -4.19. The van der Waals surface area contributed by atoms with Crippen molar-refractivity contribution in [3.05, 3.63) is 83.9 Å². The van der Waals surface area contributed by atoms with Crippen LogP contribution in [0.4, 0.5) is 5.69 Å². The molecule has 10 heteroatoms. The lowest BCUT2D eigenvalue weighted by Crippen LogP contribution is -2.53. The van der Waals surface area contributed by atoms with Gasteiger partial charge in [0.25, 0.3) is 10.0 Å². The molecule has 3 aromatic rings. The number of hydrogen-bond donors (Lipinski definition) is 1. The molecule has 2 amide bonds. The highest BCUT2D eigenvalue weighted by molar-refractivity contribution is 7.92. The van der Waals surface area contributed by atoms with E-state index in [1.807, 2.05) is 37.3 Å². The van der Waals surface area contributed by atoms with Gasteiger partial charge in [-0.25, -0.2) is 8.42 Å². The lowest BCUT2D eigenvalue weighted by atomic mass is 10.1. The van der Waals surface area contributed by atoms with Crippen LogP contribution in [0.2, 0.25) is 0 Å². The van der Waals surface area contributed by atoms with E-state index in [-0.39, 0.29) is 29.1 Å². The lowest BCUT2D eigenvalue weighted by molar-refractivity contribution is -0.139. The molecule has 1 atom stereocenters. The third-order valence-corrected chi connectivity index (χ3v) is 9.68. The lowest BCUT2D eigenvalue weighted by Gasteiger charge is -2.32. The number of nitrogens with one attached hydrogen (secondary N) is 1. The molecule has 1 fully saturated rings. The Hall–Kier alpha value is -4.05. The van der Waals surface area contributed by atoms with Crippen molar-refractivity contribution in [2.45, 2.75) is 62.9 Å². The summed E-state index contributed by atoms with van der Waals surface area (Å²) >= 11 is 0. The number of sulfonamides is 1. The number of anilines is 1. The Labute approximate surface area is 254 Å². The summed E-state index contributed by atoms with van der Waals surface area (Å²) in [6, 6.07) is 20.1. The maximum Gasteiger partial charge on any atom is 0.264 e. The highest BCUT2D eigenvalue weighted by Gasteiger charge is 2.33. The molecule has 9 nitrogen and oxygen atoms in total. The molecular formula is C33H41N3O6S. The molecule has 1 aliphatic carbocycles. The second-order valence-corrected chi connectivity index (χ2v) is 12.7. The Bertz CT molecular complexity index is 1490. The molecule has 3 aromatic carbocycles. The summed E-state index contributed by atoms with van der Waals surface area (Å²) in [7, 11) is -1.24. The zero-order valence-electron chi connectivity index (χ0n) is 25.3. The van der Waals surface area contributed by atoms with E-state index in [2.05, 4.69) is 5.32 Å². The predicted molar refractivity (Wildman–Crippen MR) is 167 cm³/mol. The second kappa shape index (κ2) is 14.4. The van der Waals surface area contributed by atoms with E-state index in [0.29, 0.717) is 17.9 Å². The highest BCUT2D eigenvalue weighted by Crippen LogP contribution is 2.34. The molecule has 0 radical (unpaired) electrons. The number of carbonyl (C=O) groups excluding carboxylic acids is 2. The third-order valence-electron chi connectivity index (χ3n) is 7.90. The van der Waals surface area contributed by atoms with Gasteiger partial charge >= 0.3 is 0 Å². The van der Waals surface area contributed by atoms with Crippen LogP contribution in [0.15, 0.2) is 77.7 Å². The Kier molecular flexibility index (Phi) is 10.7. The van der Waals surface area contributed by atoms with Crippen LogP contribution >= 0.6 is 0 Å². The first-order chi connectivity index (χ1) is 20.6. The van der Waals surface area contributed by atoms with E-state index < -0.39 is 28.5 Å². The van der Waals surface area contributed by atoms with Crippen molar-refractivity contribution in [2.24, 2.45) is 0 Å². The van der Waals surface area contributed by atoms with Gasteiger partial charge in [-0.05, 0) is 62.9 Å². The fourth-order valence-electron chi connectivity index (χ4n) is 5.31. The Balaban J connectivity index is 1.69. The number of carbonyl (C=O) groups is 2. The Morgan fingerprint density at radius 1 is 0.930 bits per heavy atom. The summed E-state index contributed by atoms with van der Waals surface area (Å²) in [6.07, 6.45) is 4.46. The van der Waals surface area contributed by atoms with E-state index in [4.69, 9.17) is 9.47 Å². The van der Waals surface area contributed by atoms with Gasteiger partial charge in [0, 0.05) is 18.7 Å². The molecule has 1 saturated carbocycles. The molecule has 43 heavy (non-hydrogen) atoms. The van der Waals surface area contributed by atoms with E-state index in [1.54, 1.807) is 31.2 Å². The van der Waals surface area contributed by atoms with Crippen LogP contribution in [0.1, 0.15) is 43.7 Å². The molecule has 0 unspecified atom stereocenters. The maximum absolute atomic E-state index is 14.1. The minimum absolute atomic E-state index is 0.0449. The van der Waals surface area contributed by atoms with Gasteiger partial charge in [-0.1, -0.05) is 60.9 Å². The second-order valence-electron chi connectivity index (χ2n) is 10.9. The summed E-state index contributed by atoms with van der Waals surface area (Å²) in [5, 5.41) is 3.09. The average molecular weight is 608 g/mol. The first-order valence-electron chi connectivity index (χ1n) is 14.6. The summed E-state index contributed by atoms with van der Waals surface area (Å²) < 4.78 is 40.0. The van der Waals surface area contributed by atoms with Crippen molar-refractivity contribution in [3.63, 3.8) is 0 Å². The van der Waals surface area contributed by atoms with E-state index >= 15 is 0 Å². The molecular weight excluding hydrogens is 566 g/mol. The largest absolute Gasteiger partial charge is 0.493 e. The molecule has 0 aromatic heterocycles. The molecule has 230 valence electrons. The number of aryl methyl sites for hydroxylation is 1. The fourth-order valence-corrected chi connectivity index (χ4v) is 6.71. The molecule has 0 saturated heterocycles. The van der Waals surface area contributed by atoms with Crippen LogP contribution in [0.25, 0.3) is 0 Å². The quantitative estimate of drug-likeness (QED) is 0.301. The number of benzene rings is 3. The topological polar surface area (TPSA) is 105 Å². The van der Waals surface area contributed by atoms with Gasteiger partial charge in [0.2, 0.25) is 11.8 Å². The molecule has 1 N–H and O–H groups in total. The number of hydrogen-bond acceptors (Lipinski definition) is 6. The van der Waals surface area contributed by atoms with Crippen molar-refractivity contribution >= 4 is 27.5 Å². The number of amides is 2. The summed E-state index contributed by atoms with van der Waals surface area (Å²) in [5.74, 6) is 0.0107. The Morgan fingerprint density at radius 2 is 1.58 bits per heavy atom. The first kappa shape index (κ1) is 31.9. The van der Waals surface area contributed by atoms with Crippen LogP contribution in [0.3, 0.4) is 0 Å². The monoisotopic (exact) mass is 607 g/mol. The van der Waals surface area contributed by atoms with Crippen molar-refractivity contribution in [1.82, 2.24) is 10.2 Å². The van der Waals surface area contributed by atoms with Gasteiger partial charge < -0.3 is 19.7 Å². The van der Waals surface area contributed by atoms with Gasteiger partial charge in [-0.2, -0.15) is 0 Å². The zero-order valence-corrected chi connectivity index (χ0v) is 26.1.